The predicted molar refractivity (Wildman–Crippen MR) is 85.4 cm³/mol. The molecule has 0 bridgehead atoms. The minimum atomic E-state index is 0.738. The Bertz CT molecular complexity index is 601. The number of fused-ring (bicyclic) bond motifs is 1. The summed E-state index contributed by atoms with van der Waals surface area (Å²) in [4.78, 5) is 4.61. The van der Waals surface area contributed by atoms with Crippen molar-refractivity contribution in [2.24, 2.45) is 0 Å². The largest absolute Gasteiger partial charge is 0.385 e. The second kappa shape index (κ2) is 6.58. The van der Waals surface area contributed by atoms with Crippen molar-refractivity contribution in [3.63, 3.8) is 0 Å². The molecule has 1 aliphatic rings. The normalized spacial score (nSPS) is 15.0. The highest BCUT2D eigenvalue weighted by Crippen LogP contribution is 2.25. The third-order valence-electron chi connectivity index (χ3n) is 4.20. The summed E-state index contributed by atoms with van der Waals surface area (Å²) in [5, 5.41) is 4.95. The Kier molecular flexibility index (Phi) is 4.56. The maximum Gasteiger partial charge on any atom is 0.140 e. The van der Waals surface area contributed by atoms with E-state index in [-0.39, 0.29) is 0 Å². The van der Waals surface area contributed by atoms with Crippen LogP contribution in [0.25, 0.3) is 11.0 Å². The van der Waals surface area contributed by atoms with E-state index in [1.165, 1.54) is 29.4 Å². The molecule has 1 aliphatic carbocycles. The van der Waals surface area contributed by atoms with Crippen LogP contribution in [-0.4, -0.2) is 29.3 Å². The van der Waals surface area contributed by atoms with E-state index in [9.17, 15) is 0 Å². The van der Waals surface area contributed by atoms with E-state index in [0.717, 1.165) is 44.2 Å². The molecule has 1 N–H and O–H groups in total. The summed E-state index contributed by atoms with van der Waals surface area (Å²) >= 11 is 0. The zero-order valence-corrected chi connectivity index (χ0v) is 13.1. The summed E-state index contributed by atoms with van der Waals surface area (Å²) in [5.74, 6) is 0. The van der Waals surface area contributed by atoms with Crippen LogP contribution in [0.2, 0.25) is 0 Å². The third-order valence-corrected chi connectivity index (χ3v) is 4.20. The highest BCUT2D eigenvalue weighted by Gasteiger charge is 2.21. The van der Waals surface area contributed by atoms with Crippen LogP contribution in [0.15, 0.2) is 18.5 Å². The van der Waals surface area contributed by atoms with E-state index in [0.29, 0.717) is 0 Å². The number of rotatable bonds is 8. The molecule has 0 spiro atoms. The zero-order chi connectivity index (χ0) is 14.7. The summed E-state index contributed by atoms with van der Waals surface area (Å²) in [6.45, 7) is 4.99. The average Bonchev–Trinajstić information content (AvgIpc) is 3.24. The highest BCUT2D eigenvalue weighted by atomic mass is 16.5. The molecule has 1 saturated carbocycles. The first kappa shape index (κ1) is 14.5. The fourth-order valence-corrected chi connectivity index (χ4v) is 2.85. The van der Waals surface area contributed by atoms with Gasteiger partial charge in [0.15, 0.2) is 0 Å². The van der Waals surface area contributed by atoms with Crippen molar-refractivity contribution in [3.8, 4) is 0 Å². The van der Waals surface area contributed by atoms with E-state index in [1.54, 1.807) is 7.11 Å². The highest BCUT2D eigenvalue weighted by molar-refractivity contribution is 5.83. The number of hydrogen-bond acceptors (Lipinski definition) is 3. The van der Waals surface area contributed by atoms with E-state index in [1.807, 2.05) is 6.20 Å². The summed E-state index contributed by atoms with van der Waals surface area (Å²) in [5.41, 5.74) is 3.83. The van der Waals surface area contributed by atoms with Crippen molar-refractivity contribution in [1.82, 2.24) is 14.9 Å². The molecule has 0 amide bonds. The van der Waals surface area contributed by atoms with Crippen molar-refractivity contribution in [2.45, 2.75) is 51.7 Å². The number of nitrogens with zero attached hydrogens (tertiary/aromatic N) is 2. The molecule has 0 saturated heterocycles. The molecule has 114 valence electrons. The van der Waals surface area contributed by atoms with Crippen molar-refractivity contribution in [1.29, 1.82) is 0 Å². The molecular formula is C17H25N3O. The van der Waals surface area contributed by atoms with Crippen LogP contribution in [0, 0.1) is 6.92 Å². The van der Waals surface area contributed by atoms with Crippen molar-refractivity contribution >= 4 is 11.0 Å². The van der Waals surface area contributed by atoms with E-state index < -0.39 is 0 Å². The van der Waals surface area contributed by atoms with Gasteiger partial charge in [-0.15, -0.1) is 0 Å². The van der Waals surface area contributed by atoms with Gasteiger partial charge in [-0.2, -0.15) is 0 Å². The maximum absolute atomic E-state index is 5.13. The fraction of sp³-hybridized carbons (Fsp3) is 0.588. The quantitative estimate of drug-likeness (QED) is 0.759. The first-order valence-corrected chi connectivity index (χ1v) is 7.95. The number of aromatic nitrogens is 2. The van der Waals surface area contributed by atoms with Gasteiger partial charge in [-0.05, 0) is 49.8 Å². The van der Waals surface area contributed by atoms with Crippen LogP contribution >= 0.6 is 0 Å². The van der Waals surface area contributed by atoms with Crippen LogP contribution in [0.1, 0.15) is 36.8 Å². The van der Waals surface area contributed by atoms with Gasteiger partial charge in [0.05, 0.1) is 0 Å². The Hall–Kier alpha value is -1.39. The predicted octanol–water partition coefficient (Wildman–Crippen LogP) is 3.02. The lowest BCUT2D eigenvalue weighted by Gasteiger charge is -2.04. The third kappa shape index (κ3) is 3.44. The number of ether oxygens (including phenoxy) is 1. The Morgan fingerprint density at radius 1 is 1.38 bits per heavy atom. The summed E-state index contributed by atoms with van der Waals surface area (Å²) < 4.78 is 7.44. The number of pyridine rings is 1. The van der Waals surface area contributed by atoms with Gasteiger partial charge in [-0.1, -0.05) is 0 Å². The Labute approximate surface area is 126 Å². The number of aryl methyl sites for hydroxylation is 2. The van der Waals surface area contributed by atoms with Crippen molar-refractivity contribution in [2.75, 3.05) is 13.7 Å². The lowest BCUT2D eigenvalue weighted by atomic mass is 10.1. The monoisotopic (exact) mass is 287 g/mol. The maximum atomic E-state index is 5.13. The van der Waals surface area contributed by atoms with Crippen LogP contribution < -0.4 is 5.32 Å². The summed E-state index contributed by atoms with van der Waals surface area (Å²) in [6.07, 6.45) is 9.08. The molecule has 21 heavy (non-hydrogen) atoms. The minimum absolute atomic E-state index is 0.738. The van der Waals surface area contributed by atoms with Gasteiger partial charge in [0, 0.05) is 50.6 Å². The lowest BCUT2D eigenvalue weighted by Crippen LogP contribution is -2.15. The first-order valence-electron chi connectivity index (χ1n) is 7.95. The molecule has 0 unspecified atom stereocenters. The molecule has 0 aliphatic heterocycles. The van der Waals surface area contributed by atoms with E-state index >= 15 is 0 Å². The summed E-state index contributed by atoms with van der Waals surface area (Å²) in [7, 11) is 1.76. The van der Waals surface area contributed by atoms with Crippen molar-refractivity contribution < 1.29 is 4.74 Å². The molecule has 0 radical (unpaired) electrons. The molecule has 1 fully saturated rings. The Morgan fingerprint density at radius 2 is 2.24 bits per heavy atom. The second-order valence-electron chi connectivity index (χ2n) is 6.03. The van der Waals surface area contributed by atoms with Gasteiger partial charge in [0.25, 0.3) is 0 Å². The van der Waals surface area contributed by atoms with Gasteiger partial charge in [0.2, 0.25) is 0 Å². The number of unbranched alkanes of at least 4 members (excludes halogenated alkanes) is 1. The molecule has 2 heterocycles. The fourth-order valence-electron chi connectivity index (χ4n) is 2.85. The van der Waals surface area contributed by atoms with Crippen molar-refractivity contribution in [3.05, 3.63) is 29.6 Å². The van der Waals surface area contributed by atoms with Crippen LogP contribution in [0.5, 0.6) is 0 Å². The molecular weight excluding hydrogens is 262 g/mol. The molecule has 2 aromatic rings. The number of nitrogens with one attached hydrogen (secondary N) is 1. The standard InChI is InChI=1S/C17H25N3O/c1-13-7-8-18-17-16(13)14(11-19-15-5-6-15)12-20(17)9-3-4-10-21-2/h7-8,12,15,19H,3-6,9-11H2,1-2H3. The van der Waals surface area contributed by atoms with Gasteiger partial charge in [-0.25, -0.2) is 4.98 Å². The van der Waals surface area contributed by atoms with E-state index in [2.05, 4.69) is 34.1 Å². The molecule has 3 rings (SSSR count). The Morgan fingerprint density at radius 3 is 3.00 bits per heavy atom. The van der Waals surface area contributed by atoms with E-state index in [4.69, 9.17) is 4.74 Å². The Balaban J connectivity index is 1.79. The zero-order valence-electron chi connectivity index (χ0n) is 13.1. The number of hydrogen-bond donors (Lipinski definition) is 1. The SMILES string of the molecule is COCCCCn1cc(CNC2CC2)c2c(C)ccnc21. The minimum Gasteiger partial charge on any atom is -0.385 e. The van der Waals surface area contributed by atoms with Crippen LogP contribution in [-0.2, 0) is 17.8 Å². The molecule has 2 aromatic heterocycles. The topological polar surface area (TPSA) is 39.1 Å². The average molecular weight is 287 g/mol. The molecule has 0 aromatic carbocycles. The molecule has 4 heteroatoms. The lowest BCUT2D eigenvalue weighted by molar-refractivity contribution is 0.191. The van der Waals surface area contributed by atoms with Crippen LogP contribution in [0.3, 0.4) is 0 Å². The number of methoxy groups -OCH3 is 1. The smallest absolute Gasteiger partial charge is 0.140 e. The van der Waals surface area contributed by atoms with Crippen LogP contribution in [0.4, 0.5) is 0 Å². The molecule has 4 nitrogen and oxygen atoms in total. The van der Waals surface area contributed by atoms with Gasteiger partial charge >= 0.3 is 0 Å². The molecule has 0 atom stereocenters. The van der Waals surface area contributed by atoms with Gasteiger partial charge in [-0.3, -0.25) is 0 Å². The van der Waals surface area contributed by atoms with Gasteiger partial charge < -0.3 is 14.6 Å². The second-order valence-corrected chi connectivity index (χ2v) is 6.03. The summed E-state index contributed by atoms with van der Waals surface area (Å²) in [6, 6.07) is 2.85. The first-order chi connectivity index (χ1) is 10.3. The van der Waals surface area contributed by atoms with Gasteiger partial charge in [0.1, 0.15) is 5.65 Å².